The maximum atomic E-state index is 12.8. The smallest absolute Gasteiger partial charge is 0.243 e. The molecule has 1 aliphatic heterocycles. The standard InChI is InChI=1S/C15H17FN2O3/c1-2-12-15(21)17-14(20)9-18(12)8-7-13(19)10-3-5-11(16)6-4-10/h3-6,12H,2,7-9H2,1H3,(H,17,20,21). The lowest BCUT2D eigenvalue weighted by atomic mass is 10.1. The predicted octanol–water partition coefficient (Wildman–Crippen LogP) is 1.14. The summed E-state index contributed by atoms with van der Waals surface area (Å²) in [5.74, 6) is -1.19. The number of hydrogen-bond acceptors (Lipinski definition) is 4. The summed E-state index contributed by atoms with van der Waals surface area (Å²) in [5, 5.41) is 2.29. The first kappa shape index (κ1) is 15.3. The van der Waals surface area contributed by atoms with E-state index in [2.05, 4.69) is 5.32 Å². The summed E-state index contributed by atoms with van der Waals surface area (Å²) in [6.07, 6.45) is 0.756. The van der Waals surface area contributed by atoms with E-state index in [4.69, 9.17) is 0 Å². The molecule has 0 spiro atoms. The molecule has 6 heteroatoms. The van der Waals surface area contributed by atoms with Gasteiger partial charge in [-0.15, -0.1) is 0 Å². The number of nitrogens with one attached hydrogen (secondary N) is 1. The van der Waals surface area contributed by atoms with Gasteiger partial charge in [-0.25, -0.2) is 4.39 Å². The minimum atomic E-state index is -0.393. The van der Waals surface area contributed by atoms with Gasteiger partial charge in [0.25, 0.3) is 0 Å². The van der Waals surface area contributed by atoms with Gasteiger partial charge in [0.15, 0.2) is 5.78 Å². The highest BCUT2D eigenvalue weighted by Crippen LogP contribution is 2.12. The van der Waals surface area contributed by atoms with Crippen LogP contribution in [0.3, 0.4) is 0 Å². The first-order chi connectivity index (χ1) is 10.0. The lowest BCUT2D eigenvalue weighted by molar-refractivity contribution is -0.140. The second-order valence-electron chi connectivity index (χ2n) is 4.99. The monoisotopic (exact) mass is 292 g/mol. The molecule has 2 rings (SSSR count). The van der Waals surface area contributed by atoms with Crippen LogP contribution in [0, 0.1) is 5.82 Å². The molecule has 1 unspecified atom stereocenters. The van der Waals surface area contributed by atoms with Gasteiger partial charge < -0.3 is 0 Å². The Kier molecular flexibility index (Phi) is 4.80. The average molecular weight is 292 g/mol. The summed E-state index contributed by atoms with van der Waals surface area (Å²) in [6, 6.07) is 4.95. The number of nitrogens with zero attached hydrogens (tertiary/aromatic N) is 1. The van der Waals surface area contributed by atoms with Crippen molar-refractivity contribution in [2.24, 2.45) is 0 Å². The van der Waals surface area contributed by atoms with Crippen LogP contribution in [-0.4, -0.2) is 41.6 Å². The van der Waals surface area contributed by atoms with E-state index in [1.54, 1.807) is 4.90 Å². The number of halogens is 1. The van der Waals surface area contributed by atoms with Crippen molar-refractivity contribution < 1.29 is 18.8 Å². The van der Waals surface area contributed by atoms with Crippen molar-refractivity contribution in [2.75, 3.05) is 13.1 Å². The number of ketones is 1. The Hall–Kier alpha value is -2.08. The second kappa shape index (κ2) is 6.58. The van der Waals surface area contributed by atoms with Crippen molar-refractivity contribution >= 4 is 17.6 Å². The third kappa shape index (κ3) is 3.72. The van der Waals surface area contributed by atoms with Gasteiger partial charge in [-0.1, -0.05) is 6.92 Å². The van der Waals surface area contributed by atoms with Gasteiger partial charge in [0, 0.05) is 18.5 Å². The average Bonchev–Trinajstić information content (AvgIpc) is 2.45. The Morgan fingerprint density at radius 1 is 1.33 bits per heavy atom. The zero-order chi connectivity index (χ0) is 15.4. The molecule has 1 heterocycles. The molecule has 1 fully saturated rings. The topological polar surface area (TPSA) is 66.5 Å². The molecule has 1 saturated heterocycles. The van der Waals surface area contributed by atoms with Gasteiger partial charge in [0.05, 0.1) is 12.6 Å². The van der Waals surface area contributed by atoms with E-state index in [1.165, 1.54) is 24.3 Å². The third-order valence-corrected chi connectivity index (χ3v) is 3.53. The van der Waals surface area contributed by atoms with Gasteiger partial charge in [-0.2, -0.15) is 0 Å². The summed E-state index contributed by atoms with van der Waals surface area (Å²) >= 11 is 0. The molecule has 0 bridgehead atoms. The van der Waals surface area contributed by atoms with E-state index in [1.807, 2.05) is 6.92 Å². The number of rotatable bonds is 5. The van der Waals surface area contributed by atoms with Crippen molar-refractivity contribution in [3.8, 4) is 0 Å². The van der Waals surface area contributed by atoms with E-state index in [0.29, 0.717) is 18.5 Å². The first-order valence-electron chi connectivity index (χ1n) is 6.87. The van der Waals surface area contributed by atoms with Crippen LogP contribution in [0.25, 0.3) is 0 Å². The number of hydrogen-bond donors (Lipinski definition) is 1. The van der Waals surface area contributed by atoms with Gasteiger partial charge in [0.2, 0.25) is 11.8 Å². The summed E-state index contributed by atoms with van der Waals surface area (Å²) in [5.41, 5.74) is 0.428. The Morgan fingerprint density at radius 3 is 2.62 bits per heavy atom. The number of piperazine rings is 1. The quantitative estimate of drug-likeness (QED) is 0.653. The zero-order valence-electron chi connectivity index (χ0n) is 11.8. The van der Waals surface area contributed by atoms with Crippen LogP contribution in [0.15, 0.2) is 24.3 Å². The fourth-order valence-electron chi connectivity index (χ4n) is 2.42. The lowest BCUT2D eigenvalue weighted by Gasteiger charge is -2.33. The van der Waals surface area contributed by atoms with Crippen LogP contribution >= 0.6 is 0 Å². The van der Waals surface area contributed by atoms with Crippen molar-refractivity contribution in [1.82, 2.24) is 10.2 Å². The second-order valence-corrected chi connectivity index (χ2v) is 4.99. The minimum Gasteiger partial charge on any atom is -0.294 e. The maximum Gasteiger partial charge on any atom is 0.243 e. The molecule has 112 valence electrons. The number of benzene rings is 1. The maximum absolute atomic E-state index is 12.8. The van der Waals surface area contributed by atoms with Crippen LogP contribution in [0.5, 0.6) is 0 Å². The molecule has 0 saturated carbocycles. The summed E-state index contributed by atoms with van der Waals surface area (Å²) in [4.78, 5) is 36.8. The number of carbonyl (C=O) groups excluding carboxylic acids is 3. The molecule has 1 aliphatic rings. The van der Waals surface area contributed by atoms with E-state index < -0.39 is 5.82 Å². The molecular weight excluding hydrogens is 275 g/mol. The Balaban J connectivity index is 1.97. The van der Waals surface area contributed by atoms with Crippen LogP contribution in [0.1, 0.15) is 30.1 Å². The van der Waals surface area contributed by atoms with E-state index >= 15 is 0 Å². The lowest BCUT2D eigenvalue weighted by Crippen LogP contribution is -2.58. The van der Waals surface area contributed by atoms with E-state index in [-0.39, 0.29) is 36.6 Å². The van der Waals surface area contributed by atoms with Crippen molar-refractivity contribution in [1.29, 1.82) is 0 Å². The van der Waals surface area contributed by atoms with Crippen molar-refractivity contribution in [3.63, 3.8) is 0 Å². The minimum absolute atomic E-state index is 0.112. The third-order valence-electron chi connectivity index (χ3n) is 3.53. The molecule has 5 nitrogen and oxygen atoms in total. The Bertz CT molecular complexity index is 557. The molecule has 0 radical (unpaired) electrons. The van der Waals surface area contributed by atoms with Crippen molar-refractivity contribution in [2.45, 2.75) is 25.8 Å². The van der Waals surface area contributed by atoms with Crippen LogP contribution in [-0.2, 0) is 9.59 Å². The summed E-state index contributed by atoms with van der Waals surface area (Å²) < 4.78 is 12.8. The highest BCUT2D eigenvalue weighted by atomic mass is 19.1. The van der Waals surface area contributed by atoms with Crippen LogP contribution < -0.4 is 5.32 Å². The fraction of sp³-hybridized carbons (Fsp3) is 0.400. The van der Waals surface area contributed by atoms with Crippen molar-refractivity contribution in [3.05, 3.63) is 35.6 Å². The largest absolute Gasteiger partial charge is 0.294 e. The molecule has 1 N–H and O–H groups in total. The molecule has 1 atom stereocenters. The van der Waals surface area contributed by atoms with Gasteiger partial charge >= 0.3 is 0 Å². The highest BCUT2D eigenvalue weighted by molar-refractivity contribution is 6.01. The first-order valence-corrected chi connectivity index (χ1v) is 6.87. The Labute approximate surface area is 122 Å². The molecule has 0 aromatic heterocycles. The number of imide groups is 1. The molecular formula is C15H17FN2O3. The fourth-order valence-corrected chi connectivity index (χ4v) is 2.42. The molecule has 2 amide bonds. The number of carbonyl (C=O) groups is 3. The van der Waals surface area contributed by atoms with Crippen LogP contribution in [0.2, 0.25) is 0 Å². The van der Waals surface area contributed by atoms with E-state index in [0.717, 1.165) is 0 Å². The molecule has 0 aliphatic carbocycles. The predicted molar refractivity (Wildman–Crippen MR) is 74.1 cm³/mol. The van der Waals surface area contributed by atoms with Crippen LogP contribution in [0.4, 0.5) is 4.39 Å². The SMILES string of the molecule is CCC1C(=O)NC(=O)CN1CCC(=O)c1ccc(F)cc1. The normalized spacial score (nSPS) is 19.4. The van der Waals surface area contributed by atoms with Gasteiger partial charge in [0.1, 0.15) is 5.82 Å². The number of Topliss-reactive ketones (excluding diaryl/α,β-unsaturated/α-hetero) is 1. The zero-order valence-corrected chi connectivity index (χ0v) is 11.8. The summed E-state index contributed by atoms with van der Waals surface area (Å²) in [7, 11) is 0. The molecule has 21 heavy (non-hydrogen) atoms. The molecule has 1 aromatic carbocycles. The summed E-state index contributed by atoms with van der Waals surface area (Å²) in [6.45, 7) is 2.30. The van der Waals surface area contributed by atoms with Gasteiger partial charge in [-0.05, 0) is 30.7 Å². The number of amides is 2. The van der Waals surface area contributed by atoms with Gasteiger partial charge in [-0.3, -0.25) is 24.6 Å². The highest BCUT2D eigenvalue weighted by Gasteiger charge is 2.32. The molecule has 1 aromatic rings. The Morgan fingerprint density at radius 2 is 2.00 bits per heavy atom. The van der Waals surface area contributed by atoms with E-state index in [9.17, 15) is 18.8 Å².